The molecule has 4 aromatic rings. The Morgan fingerprint density at radius 3 is 2.28 bits per heavy atom. The highest BCUT2D eigenvalue weighted by atomic mass is 32.1. The van der Waals surface area contributed by atoms with E-state index in [1.165, 1.54) is 28.7 Å². The Balaban J connectivity index is 1.42. The molecule has 0 saturated carbocycles. The van der Waals surface area contributed by atoms with Crippen molar-refractivity contribution in [1.82, 2.24) is 29.5 Å². The van der Waals surface area contributed by atoms with Crippen LogP contribution in [0.3, 0.4) is 0 Å². The number of anilines is 2. The first kappa shape index (κ1) is 21.6. The molecule has 3 aromatic heterocycles. The molecule has 0 aliphatic heterocycles. The second-order valence-corrected chi connectivity index (χ2v) is 8.32. The van der Waals surface area contributed by atoms with Crippen LogP contribution in [0.5, 0.6) is 0 Å². The summed E-state index contributed by atoms with van der Waals surface area (Å²) >= 11 is 6.85. The van der Waals surface area contributed by atoms with Crippen LogP contribution in [0.25, 0.3) is 10.7 Å². The van der Waals surface area contributed by atoms with E-state index in [-0.39, 0.29) is 11.8 Å². The molecule has 164 valence electrons. The average molecular weight is 469 g/mol. The van der Waals surface area contributed by atoms with Crippen LogP contribution in [0.4, 0.5) is 11.4 Å². The number of benzene rings is 1. The van der Waals surface area contributed by atoms with Gasteiger partial charge in [-0.3, -0.25) is 19.3 Å². The van der Waals surface area contributed by atoms with E-state index in [2.05, 4.69) is 30.9 Å². The SMILES string of the molecule is CC(C(=O)Nc1ccc(NC(=O)C(C)n2c(-c3cccs3)n[nH]c2=S)cc1)n1cncn1. The Morgan fingerprint density at radius 2 is 1.72 bits per heavy atom. The molecule has 4 rings (SSSR count). The third-order valence-corrected chi connectivity index (χ3v) is 6.00. The maximum absolute atomic E-state index is 12.9. The molecular formula is C20H20N8O2S2. The molecule has 10 nitrogen and oxygen atoms in total. The molecule has 0 bridgehead atoms. The zero-order chi connectivity index (χ0) is 22.7. The zero-order valence-corrected chi connectivity index (χ0v) is 18.9. The summed E-state index contributed by atoms with van der Waals surface area (Å²) in [5.41, 5.74) is 1.20. The number of nitrogens with zero attached hydrogens (tertiary/aromatic N) is 5. The van der Waals surface area contributed by atoms with Crippen molar-refractivity contribution >= 4 is 46.7 Å². The van der Waals surface area contributed by atoms with Crippen LogP contribution in [0.2, 0.25) is 0 Å². The van der Waals surface area contributed by atoms with Crippen LogP contribution in [-0.2, 0) is 9.59 Å². The predicted octanol–water partition coefficient (Wildman–Crippen LogP) is 3.66. The van der Waals surface area contributed by atoms with E-state index in [9.17, 15) is 9.59 Å². The van der Waals surface area contributed by atoms with Crippen LogP contribution in [-0.4, -0.2) is 41.3 Å². The summed E-state index contributed by atoms with van der Waals surface area (Å²) in [7, 11) is 0. The van der Waals surface area contributed by atoms with Gasteiger partial charge in [-0.05, 0) is 61.8 Å². The van der Waals surface area contributed by atoms with Gasteiger partial charge in [0.1, 0.15) is 24.7 Å². The quantitative estimate of drug-likeness (QED) is 0.356. The molecule has 0 spiro atoms. The third-order valence-electron chi connectivity index (χ3n) is 4.85. The monoisotopic (exact) mass is 468 g/mol. The van der Waals surface area contributed by atoms with Crippen molar-refractivity contribution in [2.45, 2.75) is 25.9 Å². The molecule has 0 radical (unpaired) electrons. The molecule has 1 aromatic carbocycles. The molecule has 0 aliphatic carbocycles. The van der Waals surface area contributed by atoms with E-state index in [4.69, 9.17) is 12.2 Å². The lowest BCUT2D eigenvalue weighted by molar-refractivity contribution is -0.119. The lowest BCUT2D eigenvalue weighted by Crippen LogP contribution is -2.25. The Morgan fingerprint density at radius 1 is 1.06 bits per heavy atom. The molecule has 32 heavy (non-hydrogen) atoms. The van der Waals surface area contributed by atoms with Gasteiger partial charge >= 0.3 is 0 Å². The molecule has 0 saturated heterocycles. The maximum atomic E-state index is 12.9. The molecule has 2 unspecified atom stereocenters. The van der Waals surface area contributed by atoms with Crippen molar-refractivity contribution in [2.24, 2.45) is 0 Å². The minimum atomic E-state index is -0.582. The van der Waals surface area contributed by atoms with Crippen molar-refractivity contribution in [1.29, 1.82) is 0 Å². The number of hydrogen-bond acceptors (Lipinski definition) is 7. The van der Waals surface area contributed by atoms with Crippen LogP contribution in [0.1, 0.15) is 25.9 Å². The summed E-state index contributed by atoms with van der Waals surface area (Å²) in [5.74, 6) is 0.153. The van der Waals surface area contributed by atoms with Gasteiger partial charge in [0.15, 0.2) is 10.6 Å². The second-order valence-electron chi connectivity index (χ2n) is 6.98. The van der Waals surface area contributed by atoms with E-state index in [1.807, 2.05) is 17.5 Å². The van der Waals surface area contributed by atoms with Gasteiger partial charge in [0.05, 0.1) is 4.88 Å². The maximum Gasteiger partial charge on any atom is 0.249 e. The highest BCUT2D eigenvalue weighted by Crippen LogP contribution is 2.26. The zero-order valence-electron chi connectivity index (χ0n) is 17.2. The number of thiophene rings is 1. The van der Waals surface area contributed by atoms with Crippen LogP contribution >= 0.6 is 23.6 Å². The Kier molecular flexibility index (Phi) is 6.23. The molecule has 3 heterocycles. The highest BCUT2D eigenvalue weighted by molar-refractivity contribution is 7.71. The fourth-order valence-corrected chi connectivity index (χ4v) is 4.03. The molecule has 0 fully saturated rings. The fraction of sp³-hybridized carbons (Fsp3) is 0.200. The van der Waals surface area contributed by atoms with Gasteiger partial charge in [-0.15, -0.1) is 11.3 Å². The smallest absolute Gasteiger partial charge is 0.249 e. The van der Waals surface area contributed by atoms with Crippen LogP contribution in [0.15, 0.2) is 54.4 Å². The van der Waals surface area contributed by atoms with Gasteiger partial charge in [0.2, 0.25) is 11.8 Å². The predicted molar refractivity (Wildman–Crippen MR) is 124 cm³/mol. The van der Waals surface area contributed by atoms with E-state index < -0.39 is 12.1 Å². The van der Waals surface area contributed by atoms with Gasteiger partial charge < -0.3 is 10.6 Å². The minimum Gasteiger partial charge on any atom is -0.324 e. The third kappa shape index (κ3) is 4.50. The molecule has 2 atom stereocenters. The van der Waals surface area contributed by atoms with Crippen LogP contribution in [0, 0.1) is 4.77 Å². The lowest BCUT2D eigenvalue weighted by atomic mass is 10.2. The van der Waals surface area contributed by atoms with Crippen molar-refractivity contribution in [3.05, 3.63) is 59.2 Å². The second kappa shape index (κ2) is 9.24. The minimum absolute atomic E-state index is 0.226. The van der Waals surface area contributed by atoms with Gasteiger partial charge in [-0.2, -0.15) is 10.2 Å². The standard InChI is InChI=1S/C20H20N8O2S2/c1-12(27-11-21-10-22-27)18(29)23-14-5-7-15(8-6-14)24-19(30)13(2)28-17(25-26-20(28)31)16-4-3-9-32-16/h3-13H,1-2H3,(H,23,29)(H,24,30)(H,26,31). The van der Waals surface area contributed by atoms with Gasteiger partial charge in [0.25, 0.3) is 0 Å². The summed E-state index contributed by atoms with van der Waals surface area (Å²) in [6, 6.07) is 9.62. The normalized spacial score (nSPS) is 12.8. The molecular weight excluding hydrogens is 448 g/mol. The summed E-state index contributed by atoms with van der Waals surface area (Å²) in [5, 5.41) is 18.6. The number of carbonyl (C=O) groups is 2. The number of nitrogens with one attached hydrogen (secondary N) is 3. The topological polar surface area (TPSA) is 123 Å². The molecule has 0 aliphatic rings. The summed E-state index contributed by atoms with van der Waals surface area (Å²) < 4.78 is 3.53. The Hall–Kier alpha value is -3.64. The number of rotatable bonds is 7. The van der Waals surface area contributed by atoms with Gasteiger partial charge in [-0.1, -0.05) is 6.07 Å². The van der Waals surface area contributed by atoms with E-state index in [0.717, 1.165) is 4.88 Å². The Bertz CT molecular complexity index is 1260. The van der Waals surface area contributed by atoms with Gasteiger partial charge in [0, 0.05) is 11.4 Å². The van der Waals surface area contributed by atoms with E-state index in [0.29, 0.717) is 22.0 Å². The fourth-order valence-electron chi connectivity index (χ4n) is 3.03. The molecule has 2 amide bonds. The van der Waals surface area contributed by atoms with Crippen molar-refractivity contribution in [3.8, 4) is 10.7 Å². The average Bonchev–Trinajstić information content (AvgIpc) is 3.55. The Labute approximate surface area is 192 Å². The highest BCUT2D eigenvalue weighted by Gasteiger charge is 2.21. The van der Waals surface area contributed by atoms with Crippen molar-refractivity contribution < 1.29 is 9.59 Å². The first-order chi connectivity index (χ1) is 15.4. The first-order valence-electron chi connectivity index (χ1n) is 9.70. The van der Waals surface area contributed by atoms with Gasteiger partial charge in [-0.25, -0.2) is 9.67 Å². The van der Waals surface area contributed by atoms with E-state index in [1.54, 1.807) is 42.7 Å². The number of aromatic nitrogens is 6. The number of amides is 2. The van der Waals surface area contributed by atoms with E-state index >= 15 is 0 Å². The summed E-state index contributed by atoms with van der Waals surface area (Å²) in [6.07, 6.45) is 2.86. The van der Waals surface area contributed by atoms with Crippen molar-refractivity contribution in [2.75, 3.05) is 10.6 Å². The number of H-pyrrole nitrogens is 1. The molecule has 3 N–H and O–H groups in total. The largest absolute Gasteiger partial charge is 0.324 e. The first-order valence-corrected chi connectivity index (χ1v) is 11.0. The number of carbonyl (C=O) groups excluding carboxylic acids is 2. The van der Waals surface area contributed by atoms with Crippen LogP contribution < -0.4 is 10.6 Å². The molecule has 12 heteroatoms. The van der Waals surface area contributed by atoms with Crippen molar-refractivity contribution in [3.63, 3.8) is 0 Å². The number of hydrogen-bond donors (Lipinski definition) is 3. The lowest BCUT2D eigenvalue weighted by Gasteiger charge is -2.16. The summed E-state index contributed by atoms with van der Waals surface area (Å²) in [4.78, 5) is 30.0. The summed E-state index contributed by atoms with van der Waals surface area (Å²) in [6.45, 7) is 3.49. The number of aromatic amines is 1.